The molecule has 0 aliphatic carbocycles. The molecule has 0 saturated heterocycles. The Hall–Kier alpha value is -0.260. The van der Waals surface area contributed by atoms with Crippen LogP contribution < -0.4 is 0 Å². The topological polar surface area (TPSA) is 20.3 Å². The van der Waals surface area contributed by atoms with Crippen molar-refractivity contribution in [2.24, 2.45) is 0 Å². The van der Waals surface area contributed by atoms with Crippen LogP contribution in [0.15, 0.2) is 0 Å². The van der Waals surface area contributed by atoms with Gasteiger partial charge < -0.3 is 4.90 Å². The van der Waals surface area contributed by atoms with Crippen LogP contribution in [0.2, 0.25) is 0 Å². The molecule has 0 aromatic carbocycles. The van der Waals surface area contributed by atoms with Crippen LogP contribution in [0.1, 0.15) is 19.8 Å². The zero-order chi connectivity index (χ0) is 11.4. The zero-order valence-corrected chi connectivity index (χ0v) is 9.65. The van der Waals surface area contributed by atoms with Crippen molar-refractivity contribution in [3.63, 3.8) is 0 Å². The molecule has 1 atom stereocenters. The summed E-state index contributed by atoms with van der Waals surface area (Å²) in [7, 11) is 1.50. The van der Waals surface area contributed by atoms with Crippen molar-refractivity contribution in [3.8, 4) is 0 Å². The third kappa shape index (κ3) is 5.47. The fraction of sp³-hybridized carbons (Fsp3) is 0.875. The van der Waals surface area contributed by atoms with Crippen molar-refractivity contribution >= 4 is 21.8 Å². The van der Waals surface area contributed by atoms with Crippen LogP contribution in [0.3, 0.4) is 0 Å². The van der Waals surface area contributed by atoms with Crippen LogP contribution in [0, 0.1) is 0 Å². The highest BCUT2D eigenvalue weighted by Gasteiger charge is 2.29. The summed E-state index contributed by atoms with van der Waals surface area (Å²) in [6.45, 7) is 1.76. The van der Waals surface area contributed by atoms with Gasteiger partial charge in [0, 0.05) is 24.8 Å². The fourth-order valence-electron chi connectivity index (χ4n) is 0.774. The molecule has 0 aliphatic rings. The number of hydrogen-bond donors (Lipinski definition) is 0. The molecule has 1 unspecified atom stereocenters. The van der Waals surface area contributed by atoms with Gasteiger partial charge >= 0.3 is 6.18 Å². The standard InChI is InChI=1S/C8H13BrF3NO/c1-6(5-9)13(2)7(14)3-4-8(10,11)12/h6H,3-5H2,1-2H3. The summed E-state index contributed by atoms with van der Waals surface area (Å²) in [5, 5.41) is 0.557. The van der Waals surface area contributed by atoms with E-state index in [2.05, 4.69) is 15.9 Å². The van der Waals surface area contributed by atoms with E-state index in [0.29, 0.717) is 5.33 Å². The maximum absolute atomic E-state index is 11.8. The van der Waals surface area contributed by atoms with E-state index in [9.17, 15) is 18.0 Å². The molecular formula is C8H13BrF3NO. The molecule has 14 heavy (non-hydrogen) atoms. The van der Waals surface area contributed by atoms with Crippen LogP contribution in [0.25, 0.3) is 0 Å². The van der Waals surface area contributed by atoms with Crippen molar-refractivity contribution in [1.82, 2.24) is 4.90 Å². The molecule has 0 radical (unpaired) electrons. The molecule has 0 aliphatic heterocycles. The van der Waals surface area contributed by atoms with E-state index in [1.54, 1.807) is 6.92 Å². The lowest BCUT2D eigenvalue weighted by Crippen LogP contribution is -2.36. The summed E-state index contributed by atoms with van der Waals surface area (Å²) in [5.74, 6) is -0.478. The van der Waals surface area contributed by atoms with Crippen molar-refractivity contribution < 1.29 is 18.0 Å². The van der Waals surface area contributed by atoms with Crippen molar-refractivity contribution in [1.29, 1.82) is 0 Å². The number of nitrogens with zero attached hydrogens (tertiary/aromatic N) is 1. The van der Waals surface area contributed by atoms with Crippen LogP contribution in [-0.4, -0.2) is 35.4 Å². The lowest BCUT2D eigenvalue weighted by atomic mass is 10.2. The molecule has 0 heterocycles. The minimum Gasteiger partial charge on any atom is -0.342 e. The summed E-state index contributed by atoms with van der Waals surface area (Å²) in [4.78, 5) is 12.5. The molecule has 0 N–H and O–H groups in total. The SMILES string of the molecule is CC(CBr)N(C)C(=O)CCC(F)(F)F. The summed E-state index contributed by atoms with van der Waals surface area (Å²) >= 11 is 3.16. The van der Waals surface area contributed by atoms with Crippen LogP contribution in [0.5, 0.6) is 0 Å². The van der Waals surface area contributed by atoms with Crippen LogP contribution in [0.4, 0.5) is 13.2 Å². The van der Waals surface area contributed by atoms with Crippen molar-refractivity contribution in [2.75, 3.05) is 12.4 Å². The first-order chi connectivity index (χ1) is 6.28. The molecule has 0 fully saturated rings. The van der Waals surface area contributed by atoms with E-state index in [1.807, 2.05) is 0 Å². The minimum absolute atomic E-state index is 0.0873. The average Bonchev–Trinajstić information content (AvgIpc) is 2.10. The highest BCUT2D eigenvalue weighted by atomic mass is 79.9. The Kier molecular flexibility index (Phi) is 5.48. The Bertz CT molecular complexity index is 196. The smallest absolute Gasteiger partial charge is 0.342 e. The second-order valence-electron chi connectivity index (χ2n) is 3.12. The molecule has 0 aromatic rings. The number of rotatable bonds is 4. The maximum atomic E-state index is 11.8. The normalized spacial score (nSPS) is 13.9. The number of carbonyl (C=O) groups excluding carboxylic acids is 1. The molecular weight excluding hydrogens is 263 g/mol. The largest absolute Gasteiger partial charge is 0.389 e. The van der Waals surface area contributed by atoms with Crippen molar-refractivity contribution in [2.45, 2.75) is 32.0 Å². The predicted octanol–water partition coefficient (Wildman–Crippen LogP) is 2.57. The molecule has 6 heteroatoms. The molecule has 0 aromatic heterocycles. The van der Waals surface area contributed by atoms with Gasteiger partial charge in [-0.1, -0.05) is 15.9 Å². The predicted molar refractivity (Wildman–Crippen MR) is 51.3 cm³/mol. The van der Waals surface area contributed by atoms with E-state index in [1.165, 1.54) is 11.9 Å². The van der Waals surface area contributed by atoms with E-state index in [4.69, 9.17) is 0 Å². The number of hydrogen-bond acceptors (Lipinski definition) is 1. The van der Waals surface area contributed by atoms with Gasteiger partial charge in [-0.15, -0.1) is 0 Å². The van der Waals surface area contributed by atoms with Gasteiger partial charge in [0.05, 0.1) is 6.42 Å². The lowest BCUT2D eigenvalue weighted by molar-refractivity contribution is -0.149. The van der Waals surface area contributed by atoms with Crippen LogP contribution in [-0.2, 0) is 4.79 Å². The van der Waals surface area contributed by atoms with Gasteiger partial charge in [0.1, 0.15) is 0 Å². The molecule has 0 saturated carbocycles. The molecule has 0 rings (SSSR count). The highest BCUT2D eigenvalue weighted by Crippen LogP contribution is 2.21. The van der Waals surface area contributed by atoms with Crippen LogP contribution >= 0.6 is 15.9 Å². The number of alkyl halides is 4. The first kappa shape index (κ1) is 13.7. The minimum atomic E-state index is -4.26. The summed E-state index contributed by atoms with van der Waals surface area (Å²) in [5.41, 5.74) is 0. The molecule has 0 bridgehead atoms. The second-order valence-corrected chi connectivity index (χ2v) is 3.77. The third-order valence-electron chi connectivity index (χ3n) is 1.90. The maximum Gasteiger partial charge on any atom is 0.389 e. The molecule has 2 nitrogen and oxygen atoms in total. The number of amides is 1. The van der Waals surface area contributed by atoms with Gasteiger partial charge in [0.2, 0.25) is 5.91 Å². The highest BCUT2D eigenvalue weighted by molar-refractivity contribution is 9.09. The summed E-state index contributed by atoms with van der Waals surface area (Å²) in [6, 6.07) is -0.0873. The Labute approximate surface area is 89.6 Å². The lowest BCUT2D eigenvalue weighted by Gasteiger charge is -2.23. The zero-order valence-electron chi connectivity index (χ0n) is 8.07. The number of carbonyl (C=O) groups is 1. The first-order valence-corrected chi connectivity index (χ1v) is 5.28. The van der Waals surface area contributed by atoms with E-state index in [0.717, 1.165) is 0 Å². The Morgan fingerprint density at radius 2 is 2.00 bits per heavy atom. The Balaban J connectivity index is 3.97. The van der Waals surface area contributed by atoms with Gasteiger partial charge in [-0.2, -0.15) is 13.2 Å². The first-order valence-electron chi connectivity index (χ1n) is 4.16. The molecule has 84 valence electrons. The Morgan fingerprint density at radius 1 is 1.50 bits per heavy atom. The number of halogens is 4. The monoisotopic (exact) mass is 275 g/mol. The van der Waals surface area contributed by atoms with E-state index < -0.39 is 24.9 Å². The Morgan fingerprint density at radius 3 is 2.36 bits per heavy atom. The quantitative estimate of drug-likeness (QED) is 0.723. The van der Waals surface area contributed by atoms with Crippen molar-refractivity contribution in [3.05, 3.63) is 0 Å². The molecule has 0 spiro atoms. The summed E-state index contributed by atoms with van der Waals surface area (Å²) < 4.78 is 35.3. The summed E-state index contributed by atoms with van der Waals surface area (Å²) in [6.07, 6.45) is -5.78. The second kappa shape index (κ2) is 5.58. The van der Waals surface area contributed by atoms with Gasteiger partial charge in [0.25, 0.3) is 0 Å². The van der Waals surface area contributed by atoms with Gasteiger partial charge in [0.15, 0.2) is 0 Å². The average molecular weight is 276 g/mol. The van der Waals surface area contributed by atoms with Gasteiger partial charge in [-0.25, -0.2) is 0 Å². The van der Waals surface area contributed by atoms with E-state index >= 15 is 0 Å². The van der Waals surface area contributed by atoms with E-state index in [-0.39, 0.29) is 6.04 Å². The van der Waals surface area contributed by atoms with Gasteiger partial charge in [-0.3, -0.25) is 4.79 Å². The fourth-order valence-corrected chi connectivity index (χ4v) is 1.21. The molecule has 1 amide bonds. The third-order valence-corrected chi connectivity index (χ3v) is 2.84. The van der Waals surface area contributed by atoms with Gasteiger partial charge in [-0.05, 0) is 6.92 Å².